The minimum absolute atomic E-state index is 0.103. The van der Waals surface area contributed by atoms with Crippen LogP contribution in [0.15, 0.2) is 16.7 Å². The molecule has 10 heteroatoms. The van der Waals surface area contributed by atoms with Gasteiger partial charge >= 0.3 is 6.03 Å². The molecule has 0 saturated heterocycles. The van der Waals surface area contributed by atoms with Gasteiger partial charge in [0.15, 0.2) is 23.1 Å². The zero-order valence-electron chi connectivity index (χ0n) is 14.1. The topological polar surface area (TPSA) is 80.9 Å². The third kappa shape index (κ3) is 2.61. The molecular weight excluding hydrogens is 414 g/mol. The van der Waals surface area contributed by atoms with Crippen LogP contribution in [0.3, 0.4) is 0 Å². The van der Waals surface area contributed by atoms with Gasteiger partial charge in [-0.2, -0.15) is 0 Å². The van der Waals surface area contributed by atoms with Crippen LogP contribution < -0.4 is 25.0 Å². The lowest BCUT2D eigenvalue weighted by molar-refractivity contribution is 0.250. The Balaban J connectivity index is 2.20. The molecule has 0 radical (unpaired) electrons. The standard InChI is InChI=1S/C16H15BrF2N4O3/c1-22-13-7(5-21-15(20)10(13)17)6-23(16(22)24)14-11(18)8(25-2)4-9(26-3)12(14)19/h4-5H,6H2,1-3H3,(H2,20,21). The Morgan fingerprint density at radius 1 is 1.19 bits per heavy atom. The Kier molecular flexibility index (Phi) is 4.61. The third-order valence-electron chi connectivity index (χ3n) is 4.10. The van der Waals surface area contributed by atoms with Crippen molar-refractivity contribution >= 4 is 39.2 Å². The molecule has 2 N–H and O–H groups in total. The second-order valence-corrected chi connectivity index (χ2v) is 6.31. The van der Waals surface area contributed by atoms with Crippen molar-refractivity contribution in [2.75, 3.05) is 36.8 Å². The van der Waals surface area contributed by atoms with Gasteiger partial charge in [-0.25, -0.2) is 18.6 Å². The summed E-state index contributed by atoms with van der Waals surface area (Å²) in [5.41, 5.74) is 6.26. The van der Waals surface area contributed by atoms with E-state index in [2.05, 4.69) is 20.9 Å². The maximum Gasteiger partial charge on any atom is 0.329 e. The van der Waals surface area contributed by atoms with E-state index in [-0.39, 0.29) is 23.9 Å². The predicted molar refractivity (Wildman–Crippen MR) is 95.8 cm³/mol. The minimum Gasteiger partial charge on any atom is -0.493 e. The van der Waals surface area contributed by atoms with Gasteiger partial charge in [-0.3, -0.25) is 9.80 Å². The zero-order chi connectivity index (χ0) is 19.2. The number of benzene rings is 1. The van der Waals surface area contributed by atoms with Crippen LogP contribution in [-0.4, -0.2) is 32.3 Å². The number of hydrogen-bond donors (Lipinski definition) is 1. The van der Waals surface area contributed by atoms with Gasteiger partial charge in [0.05, 0.1) is 30.9 Å². The third-order valence-corrected chi connectivity index (χ3v) is 4.88. The molecule has 26 heavy (non-hydrogen) atoms. The highest BCUT2D eigenvalue weighted by molar-refractivity contribution is 9.10. The van der Waals surface area contributed by atoms with Gasteiger partial charge < -0.3 is 15.2 Å². The molecule has 3 rings (SSSR count). The van der Waals surface area contributed by atoms with Crippen LogP contribution in [0.5, 0.6) is 11.5 Å². The Morgan fingerprint density at radius 3 is 2.31 bits per heavy atom. The molecule has 1 aromatic heterocycles. The molecule has 0 bridgehead atoms. The summed E-state index contributed by atoms with van der Waals surface area (Å²) in [7, 11) is 3.95. The molecule has 1 aliphatic heterocycles. The fraction of sp³-hybridized carbons (Fsp3) is 0.250. The Hall–Kier alpha value is -2.62. The van der Waals surface area contributed by atoms with Crippen LogP contribution in [-0.2, 0) is 6.54 Å². The number of halogens is 3. The van der Waals surface area contributed by atoms with E-state index in [1.54, 1.807) is 0 Å². The largest absolute Gasteiger partial charge is 0.493 e. The van der Waals surface area contributed by atoms with Crippen LogP contribution in [0.2, 0.25) is 0 Å². The Morgan fingerprint density at radius 2 is 1.77 bits per heavy atom. The average molecular weight is 429 g/mol. The fourth-order valence-electron chi connectivity index (χ4n) is 2.80. The summed E-state index contributed by atoms with van der Waals surface area (Å²) in [6, 6.07) is 0.441. The van der Waals surface area contributed by atoms with Gasteiger partial charge in [0.1, 0.15) is 11.5 Å². The maximum atomic E-state index is 14.8. The number of methoxy groups -OCH3 is 2. The highest BCUT2D eigenvalue weighted by Crippen LogP contribution is 2.42. The summed E-state index contributed by atoms with van der Waals surface area (Å²) in [4.78, 5) is 19.0. The van der Waals surface area contributed by atoms with Crippen molar-refractivity contribution in [3.8, 4) is 11.5 Å². The van der Waals surface area contributed by atoms with Crippen molar-refractivity contribution in [2.24, 2.45) is 0 Å². The van der Waals surface area contributed by atoms with Gasteiger partial charge in [-0.15, -0.1) is 0 Å². The number of aromatic nitrogens is 1. The molecule has 2 amide bonds. The minimum atomic E-state index is -1.00. The van der Waals surface area contributed by atoms with E-state index >= 15 is 0 Å². The molecule has 0 saturated carbocycles. The number of carbonyl (C=O) groups excluding carboxylic acids is 1. The molecule has 1 aromatic carbocycles. The fourth-order valence-corrected chi connectivity index (χ4v) is 3.43. The second-order valence-electron chi connectivity index (χ2n) is 5.52. The molecule has 0 unspecified atom stereocenters. The number of carbonyl (C=O) groups is 1. The molecule has 2 heterocycles. The second kappa shape index (κ2) is 6.60. The monoisotopic (exact) mass is 428 g/mol. The van der Waals surface area contributed by atoms with Gasteiger partial charge in [0.25, 0.3) is 0 Å². The van der Waals surface area contributed by atoms with Crippen LogP contribution in [0.1, 0.15) is 5.56 Å². The molecule has 0 aliphatic carbocycles. The predicted octanol–water partition coefficient (Wildman–Crippen LogP) is 3.30. The van der Waals surface area contributed by atoms with Crippen LogP contribution >= 0.6 is 15.9 Å². The number of nitrogens with two attached hydrogens (primary N) is 1. The molecule has 7 nitrogen and oxygen atoms in total. The Labute approximate surface area is 156 Å². The number of rotatable bonds is 3. The quantitative estimate of drug-likeness (QED) is 0.810. The van der Waals surface area contributed by atoms with Crippen molar-refractivity contribution in [3.63, 3.8) is 0 Å². The number of urea groups is 1. The van der Waals surface area contributed by atoms with Crippen LogP contribution in [0.4, 0.5) is 30.8 Å². The van der Waals surface area contributed by atoms with Gasteiger partial charge in [-0.1, -0.05) is 0 Å². The number of anilines is 3. The zero-order valence-corrected chi connectivity index (χ0v) is 15.7. The van der Waals surface area contributed by atoms with Crippen molar-refractivity contribution in [3.05, 3.63) is 33.9 Å². The summed E-state index contributed by atoms with van der Waals surface area (Å²) in [6.07, 6.45) is 1.46. The van der Waals surface area contributed by atoms with E-state index in [9.17, 15) is 13.6 Å². The molecule has 138 valence electrons. The van der Waals surface area contributed by atoms with Crippen LogP contribution in [0, 0.1) is 11.6 Å². The number of ether oxygens (including phenoxy) is 2. The summed E-state index contributed by atoms with van der Waals surface area (Å²) < 4.78 is 39.9. The van der Waals surface area contributed by atoms with Gasteiger partial charge in [-0.05, 0) is 15.9 Å². The molecular formula is C16H15BrF2N4O3. The van der Waals surface area contributed by atoms with Gasteiger partial charge in [0.2, 0.25) is 0 Å². The first-order valence-electron chi connectivity index (χ1n) is 7.39. The normalized spacial score (nSPS) is 13.7. The van der Waals surface area contributed by atoms with Crippen molar-refractivity contribution in [1.29, 1.82) is 0 Å². The van der Waals surface area contributed by atoms with E-state index in [0.717, 1.165) is 11.0 Å². The SMILES string of the molecule is COc1cc(OC)c(F)c(N2Cc3cnc(N)c(Br)c3N(C)C2=O)c1F. The molecule has 2 aromatic rings. The highest BCUT2D eigenvalue weighted by Gasteiger charge is 2.36. The number of fused-ring (bicyclic) bond motifs is 1. The lowest BCUT2D eigenvalue weighted by Crippen LogP contribution is -2.46. The smallest absolute Gasteiger partial charge is 0.329 e. The average Bonchev–Trinajstić information content (AvgIpc) is 2.62. The number of nitrogens with zero attached hydrogens (tertiary/aromatic N) is 3. The highest BCUT2D eigenvalue weighted by atomic mass is 79.9. The first-order chi connectivity index (χ1) is 12.3. The summed E-state index contributed by atoms with van der Waals surface area (Å²) in [5.74, 6) is -2.28. The lowest BCUT2D eigenvalue weighted by atomic mass is 10.1. The van der Waals surface area contributed by atoms with Crippen molar-refractivity contribution in [1.82, 2.24) is 4.98 Å². The molecule has 0 atom stereocenters. The lowest BCUT2D eigenvalue weighted by Gasteiger charge is -2.36. The summed E-state index contributed by atoms with van der Waals surface area (Å²) in [5, 5.41) is 0. The van der Waals surface area contributed by atoms with E-state index in [4.69, 9.17) is 15.2 Å². The molecule has 1 aliphatic rings. The number of nitrogen functional groups attached to an aromatic ring is 1. The number of hydrogen-bond acceptors (Lipinski definition) is 5. The molecule has 0 fully saturated rings. The first-order valence-corrected chi connectivity index (χ1v) is 8.19. The van der Waals surface area contributed by atoms with E-state index in [1.165, 1.54) is 32.4 Å². The summed E-state index contributed by atoms with van der Waals surface area (Å²) >= 11 is 3.30. The first kappa shape index (κ1) is 18.2. The van der Waals surface area contributed by atoms with Crippen LogP contribution in [0.25, 0.3) is 0 Å². The maximum absolute atomic E-state index is 14.8. The molecule has 0 spiro atoms. The number of amides is 2. The van der Waals surface area contributed by atoms with Crippen molar-refractivity contribution in [2.45, 2.75) is 6.54 Å². The van der Waals surface area contributed by atoms with E-state index in [1.807, 2.05) is 0 Å². The summed E-state index contributed by atoms with van der Waals surface area (Å²) in [6.45, 7) is -0.103. The Bertz CT molecular complexity index is 882. The van der Waals surface area contributed by atoms with E-state index < -0.39 is 23.4 Å². The van der Waals surface area contributed by atoms with Gasteiger partial charge in [0, 0.05) is 24.9 Å². The van der Waals surface area contributed by atoms with Crippen molar-refractivity contribution < 1.29 is 23.0 Å². The van der Waals surface area contributed by atoms with E-state index in [0.29, 0.717) is 15.7 Å². The number of pyridine rings is 1.